The number of hydrogen-bond acceptors (Lipinski definition) is 3. The summed E-state index contributed by atoms with van der Waals surface area (Å²) in [6.07, 6.45) is 2.42. The number of para-hydroxylation sites is 1. The summed E-state index contributed by atoms with van der Waals surface area (Å²) in [6.45, 7) is 1.19. The summed E-state index contributed by atoms with van der Waals surface area (Å²) >= 11 is 0. The number of carbonyl (C=O) groups is 1. The minimum absolute atomic E-state index is 0.00638. The Bertz CT molecular complexity index is 1140. The number of nitrogens with zero attached hydrogens (tertiary/aromatic N) is 3. The predicted octanol–water partition coefficient (Wildman–Crippen LogP) is 4.03. The summed E-state index contributed by atoms with van der Waals surface area (Å²) in [4.78, 5) is 15.0. The summed E-state index contributed by atoms with van der Waals surface area (Å²) in [7, 11) is 1.97. The molecule has 27 heavy (non-hydrogen) atoms. The number of hydrogen-bond donors (Lipinski definition) is 0. The van der Waals surface area contributed by atoms with Crippen LogP contribution in [0.25, 0.3) is 22.2 Å². The van der Waals surface area contributed by atoms with Crippen molar-refractivity contribution in [1.82, 2.24) is 14.7 Å². The van der Waals surface area contributed by atoms with Crippen molar-refractivity contribution < 1.29 is 9.21 Å². The first kappa shape index (κ1) is 15.9. The maximum Gasteiger partial charge on any atom is 0.258 e. The zero-order valence-electron chi connectivity index (χ0n) is 15.1. The average Bonchev–Trinajstić information content (AvgIpc) is 3.30. The second kappa shape index (κ2) is 6.13. The molecule has 1 aliphatic heterocycles. The second-order valence-electron chi connectivity index (χ2n) is 6.88. The van der Waals surface area contributed by atoms with Crippen molar-refractivity contribution in [1.29, 1.82) is 0 Å². The van der Waals surface area contributed by atoms with Crippen LogP contribution in [-0.4, -0.2) is 27.1 Å². The van der Waals surface area contributed by atoms with E-state index in [4.69, 9.17) is 9.52 Å². The van der Waals surface area contributed by atoms with Gasteiger partial charge in [-0.15, -0.1) is 0 Å². The zero-order valence-corrected chi connectivity index (χ0v) is 15.1. The topological polar surface area (TPSA) is 51.3 Å². The van der Waals surface area contributed by atoms with E-state index in [1.54, 1.807) is 6.26 Å². The van der Waals surface area contributed by atoms with Crippen molar-refractivity contribution in [3.8, 4) is 11.3 Å². The quantitative estimate of drug-likeness (QED) is 0.544. The lowest BCUT2D eigenvalue weighted by Gasteiger charge is -2.26. The van der Waals surface area contributed by atoms with E-state index in [0.717, 1.165) is 28.8 Å². The van der Waals surface area contributed by atoms with Crippen LogP contribution in [0.5, 0.6) is 0 Å². The van der Waals surface area contributed by atoms with Gasteiger partial charge in [-0.05, 0) is 18.6 Å². The maximum atomic E-state index is 13.1. The molecule has 5 rings (SSSR count). The predicted molar refractivity (Wildman–Crippen MR) is 103 cm³/mol. The fourth-order valence-electron chi connectivity index (χ4n) is 3.98. The molecule has 134 valence electrons. The number of amides is 1. The molecule has 1 amide bonds. The van der Waals surface area contributed by atoms with Gasteiger partial charge in [0.2, 0.25) is 0 Å². The van der Waals surface area contributed by atoms with Gasteiger partial charge < -0.3 is 9.32 Å². The van der Waals surface area contributed by atoms with Crippen molar-refractivity contribution in [2.45, 2.75) is 13.0 Å². The van der Waals surface area contributed by atoms with Crippen LogP contribution >= 0.6 is 0 Å². The first-order chi connectivity index (χ1) is 13.2. The average molecular weight is 357 g/mol. The SMILES string of the molecule is Cn1nc2c(c1-c1ccccc1)CCN(C(=O)c1cccc3ccoc13)C2. The van der Waals surface area contributed by atoms with Gasteiger partial charge in [0, 0.05) is 30.1 Å². The van der Waals surface area contributed by atoms with E-state index >= 15 is 0 Å². The molecule has 0 aliphatic carbocycles. The third-order valence-electron chi connectivity index (χ3n) is 5.24. The molecule has 0 bridgehead atoms. The lowest BCUT2D eigenvalue weighted by molar-refractivity contribution is 0.0733. The van der Waals surface area contributed by atoms with Crippen LogP contribution < -0.4 is 0 Å². The molecular weight excluding hydrogens is 338 g/mol. The number of benzene rings is 2. The van der Waals surface area contributed by atoms with Crippen molar-refractivity contribution in [3.05, 3.63) is 77.7 Å². The highest BCUT2D eigenvalue weighted by Gasteiger charge is 2.28. The highest BCUT2D eigenvalue weighted by molar-refractivity contribution is 6.04. The van der Waals surface area contributed by atoms with Crippen LogP contribution in [0.15, 0.2) is 65.3 Å². The Hall–Kier alpha value is -3.34. The van der Waals surface area contributed by atoms with E-state index in [9.17, 15) is 4.79 Å². The van der Waals surface area contributed by atoms with E-state index in [1.165, 1.54) is 5.56 Å². The molecule has 0 saturated heterocycles. The summed E-state index contributed by atoms with van der Waals surface area (Å²) in [5, 5.41) is 5.65. The smallest absolute Gasteiger partial charge is 0.258 e. The highest BCUT2D eigenvalue weighted by Crippen LogP contribution is 2.31. The molecule has 3 heterocycles. The molecule has 0 fully saturated rings. The molecule has 0 unspecified atom stereocenters. The van der Waals surface area contributed by atoms with E-state index < -0.39 is 0 Å². The summed E-state index contributed by atoms with van der Waals surface area (Å²) in [5.41, 5.74) is 5.78. The molecule has 0 spiro atoms. The normalized spacial score (nSPS) is 13.7. The van der Waals surface area contributed by atoms with Gasteiger partial charge >= 0.3 is 0 Å². The summed E-state index contributed by atoms with van der Waals surface area (Å²) in [5.74, 6) is -0.00638. The van der Waals surface area contributed by atoms with Gasteiger partial charge in [0.15, 0.2) is 0 Å². The molecule has 5 nitrogen and oxygen atoms in total. The molecular formula is C22H19N3O2. The first-order valence-corrected chi connectivity index (χ1v) is 9.08. The summed E-state index contributed by atoms with van der Waals surface area (Å²) in [6, 6.07) is 17.9. The Balaban J connectivity index is 1.49. The lowest BCUT2D eigenvalue weighted by Crippen LogP contribution is -2.36. The van der Waals surface area contributed by atoms with Crippen LogP contribution in [0.4, 0.5) is 0 Å². The monoisotopic (exact) mass is 357 g/mol. The molecule has 0 saturated carbocycles. The molecule has 2 aromatic carbocycles. The number of carbonyl (C=O) groups excluding carboxylic acids is 1. The van der Waals surface area contributed by atoms with Crippen LogP contribution in [0.3, 0.4) is 0 Å². The fraction of sp³-hybridized carbons (Fsp3) is 0.182. The van der Waals surface area contributed by atoms with Crippen LogP contribution in [0, 0.1) is 0 Å². The van der Waals surface area contributed by atoms with Gasteiger partial charge in [0.1, 0.15) is 5.58 Å². The van der Waals surface area contributed by atoms with Crippen LogP contribution in [-0.2, 0) is 20.0 Å². The third kappa shape index (κ3) is 2.54. The molecule has 5 heteroatoms. The summed E-state index contributed by atoms with van der Waals surface area (Å²) < 4.78 is 7.48. The molecule has 4 aromatic rings. The van der Waals surface area contributed by atoms with Crippen LogP contribution in [0.1, 0.15) is 21.6 Å². The Labute approximate surface area is 156 Å². The van der Waals surface area contributed by atoms with E-state index in [-0.39, 0.29) is 5.91 Å². The van der Waals surface area contributed by atoms with Gasteiger partial charge in [-0.2, -0.15) is 5.10 Å². The van der Waals surface area contributed by atoms with E-state index in [1.807, 2.05) is 59.1 Å². The number of rotatable bonds is 2. The van der Waals surface area contributed by atoms with E-state index in [2.05, 4.69) is 12.1 Å². The zero-order chi connectivity index (χ0) is 18.4. The molecule has 1 aliphatic rings. The Kier molecular flexibility index (Phi) is 3.60. The van der Waals surface area contributed by atoms with E-state index in [0.29, 0.717) is 24.2 Å². The standard InChI is InChI=1S/C22H19N3O2/c1-24-20(15-6-3-2-4-7-15)17-10-12-25(14-19(17)23-24)22(26)18-9-5-8-16-11-13-27-21(16)18/h2-9,11,13H,10,12,14H2,1H3. The van der Waals surface area contributed by atoms with Crippen molar-refractivity contribution >= 4 is 16.9 Å². The Morgan fingerprint density at radius 1 is 1.07 bits per heavy atom. The van der Waals surface area contributed by atoms with Gasteiger partial charge in [-0.25, -0.2) is 0 Å². The number of aryl methyl sites for hydroxylation is 1. The van der Waals surface area contributed by atoms with Gasteiger partial charge in [-0.1, -0.05) is 42.5 Å². The van der Waals surface area contributed by atoms with Crippen molar-refractivity contribution in [3.63, 3.8) is 0 Å². The minimum Gasteiger partial charge on any atom is -0.464 e. The van der Waals surface area contributed by atoms with Gasteiger partial charge in [0.25, 0.3) is 5.91 Å². The largest absolute Gasteiger partial charge is 0.464 e. The highest BCUT2D eigenvalue weighted by atomic mass is 16.3. The Morgan fingerprint density at radius 2 is 1.93 bits per heavy atom. The molecule has 0 atom stereocenters. The number of fused-ring (bicyclic) bond motifs is 2. The fourth-order valence-corrected chi connectivity index (χ4v) is 3.98. The molecule has 0 N–H and O–H groups in total. The Morgan fingerprint density at radius 3 is 2.78 bits per heavy atom. The number of furan rings is 1. The first-order valence-electron chi connectivity index (χ1n) is 9.08. The maximum absolute atomic E-state index is 13.1. The lowest BCUT2D eigenvalue weighted by atomic mass is 9.99. The minimum atomic E-state index is -0.00638. The van der Waals surface area contributed by atoms with Gasteiger partial charge in [-0.3, -0.25) is 9.48 Å². The molecule has 2 aromatic heterocycles. The van der Waals surface area contributed by atoms with Crippen molar-refractivity contribution in [2.24, 2.45) is 7.05 Å². The third-order valence-corrected chi connectivity index (χ3v) is 5.24. The van der Waals surface area contributed by atoms with Crippen molar-refractivity contribution in [2.75, 3.05) is 6.54 Å². The second-order valence-corrected chi connectivity index (χ2v) is 6.88. The van der Waals surface area contributed by atoms with Crippen LogP contribution in [0.2, 0.25) is 0 Å². The number of aromatic nitrogens is 2. The van der Waals surface area contributed by atoms with Gasteiger partial charge in [0.05, 0.1) is 29.8 Å². The molecule has 0 radical (unpaired) electrons.